The smallest absolute Gasteiger partial charge is 0.287 e. The zero-order valence-electron chi connectivity index (χ0n) is 16.4. The summed E-state index contributed by atoms with van der Waals surface area (Å²) in [4.78, 5) is 11.8. The molecule has 156 valence electrons. The molecule has 0 atom stereocenters. The van der Waals surface area contributed by atoms with Gasteiger partial charge in [-0.2, -0.15) is 10.2 Å². The van der Waals surface area contributed by atoms with Crippen molar-refractivity contribution in [1.82, 2.24) is 9.78 Å². The molecule has 0 amide bonds. The fourth-order valence-electron chi connectivity index (χ4n) is 2.53. The van der Waals surface area contributed by atoms with Gasteiger partial charge in [0.05, 0.1) is 19.0 Å². The Morgan fingerprint density at radius 1 is 1.17 bits per heavy atom. The number of rotatable bonds is 8. The van der Waals surface area contributed by atoms with Crippen LogP contribution in [-0.4, -0.2) is 22.6 Å². The van der Waals surface area contributed by atoms with E-state index in [0.717, 1.165) is 15.8 Å². The number of hydrogen-bond acceptors (Lipinski definition) is 6. The number of aromatic nitrogens is 2. The molecule has 0 bridgehead atoms. The van der Waals surface area contributed by atoms with Gasteiger partial charge in [-0.25, -0.2) is 4.68 Å². The first-order valence-electron chi connectivity index (χ1n) is 9.13. The van der Waals surface area contributed by atoms with Crippen LogP contribution in [0.2, 0.25) is 10.0 Å². The first-order valence-corrected chi connectivity index (χ1v) is 9.89. The Balaban J connectivity index is 1.73. The number of nitrogens with zero attached hydrogens (tertiary/aromatic N) is 3. The SMILES string of the molecule is CCOc1cc(/C=N\Nc2cnn(C)c(=O)c2Cl)ccc1OCc1ccccc1Cl. The van der Waals surface area contributed by atoms with Gasteiger partial charge in [-0.1, -0.05) is 41.4 Å². The van der Waals surface area contributed by atoms with Gasteiger partial charge in [-0.15, -0.1) is 0 Å². The molecule has 1 aromatic heterocycles. The van der Waals surface area contributed by atoms with Crippen molar-refractivity contribution >= 4 is 35.1 Å². The summed E-state index contributed by atoms with van der Waals surface area (Å²) in [6, 6.07) is 12.9. The third-order valence-corrected chi connectivity index (χ3v) is 4.82. The predicted molar refractivity (Wildman–Crippen MR) is 119 cm³/mol. The average molecular weight is 447 g/mol. The van der Waals surface area contributed by atoms with Crippen LogP contribution in [0.5, 0.6) is 11.5 Å². The van der Waals surface area contributed by atoms with Crippen molar-refractivity contribution in [3.63, 3.8) is 0 Å². The van der Waals surface area contributed by atoms with Crippen molar-refractivity contribution in [2.24, 2.45) is 12.1 Å². The molecule has 0 radical (unpaired) electrons. The van der Waals surface area contributed by atoms with E-state index in [1.165, 1.54) is 13.2 Å². The summed E-state index contributed by atoms with van der Waals surface area (Å²) in [6.45, 7) is 2.70. The monoisotopic (exact) mass is 446 g/mol. The van der Waals surface area contributed by atoms with Crippen LogP contribution in [0.3, 0.4) is 0 Å². The molecule has 3 aromatic rings. The molecule has 0 fully saturated rings. The van der Waals surface area contributed by atoms with E-state index in [0.29, 0.717) is 35.4 Å². The number of benzene rings is 2. The Morgan fingerprint density at radius 3 is 2.73 bits per heavy atom. The largest absolute Gasteiger partial charge is 0.490 e. The molecule has 0 saturated carbocycles. The van der Waals surface area contributed by atoms with E-state index in [1.807, 2.05) is 37.3 Å². The lowest BCUT2D eigenvalue weighted by Gasteiger charge is -2.13. The zero-order valence-corrected chi connectivity index (χ0v) is 17.9. The zero-order chi connectivity index (χ0) is 21.5. The van der Waals surface area contributed by atoms with Crippen LogP contribution in [0.25, 0.3) is 0 Å². The molecule has 1 heterocycles. The van der Waals surface area contributed by atoms with Crippen molar-refractivity contribution in [3.05, 3.63) is 80.2 Å². The summed E-state index contributed by atoms with van der Waals surface area (Å²) >= 11 is 12.2. The highest BCUT2D eigenvalue weighted by Gasteiger charge is 2.09. The number of nitrogens with one attached hydrogen (secondary N) is 1. The fourth-order valence-corrected chi connectivity index (χ4v) is 2.93. The molecule has 0 saturated heterocycles. The summed E-state index contributed by atoms with van der Waals surface area (Å²) in [6.07, 6.45) is 3.01. The molecule has 30 heavy (non-hydrogen) atoms. The molecule has 0 spiro atoms. The molecule has 2 aromatic carbocycles. The van der Waals surface area contributed by atoms with Gasteiger partial charge in [-0.05, 0) is 36.8 Å². The Morgan fingerprint density at radius 2 is 1.97 bits per heavy atom. The summed E-state index contributed by atoms with van der Waals surface area (Å²) in [5.41, 5.74) is 4.29. The van der Waals surface area contributed by atoms with Crippen LogP contribution < -0.4 is 20.5 Å². The average Bonchev–Trinajstić information content (AvgIpc) is 2.74. The highest BCUT2D eigenvalue weighted by atomic mass is 35.5. The topological polar surface area (TPSA) is 77.7 Å². The van der Waals surface area contributed by atoms with Gasteiger partial charge in [0, 0.05) is 17.6 Å². The van der Waals surface area contributed by atoms with Crippen LogP contribution in [0.15, 0.2) is 58.6 Å². The quantitative estimate of drug-likeness (QED) is 0.406. The number of halogens is 2. The van der Waals surface area contributed by atoms with Crippen LogP contribution in [0, 0.1) is 0 Å². The number of anilines is 1. The molecule has 9 heteroatoms. The van der Waals surface area contributed by atoms with Gasteiger partial charge in [0.1, 0.15) is 17.3 Å². The second-order valence-corrected chi connectivity index (χ2v) is 6.98. The molecular formula is C21H20Cl2N4O3. The standard InChI is InChI=1S/C21H20Cl2N4O3/c1-3-29-19-10-14(11-24-26-17-12-25-27(2)21(28)20(17)23)8-9-18(19)30-13-15-6-4-5-7-16(15)22/h4-12,26H,3,13H2,1-2H3/b24-11-. The summed E-state index contributed by atoms with van der Waals surface area (Å²) in [5, 5.41) is 8.69. The maximum atomic E-state index is 11.8. The highest BCUT2D eigenvalue weighted by Crippen LogP contribution is 2.29. The fraction of sp³-hybridized carbons (Fsp3) is 0.190. The molecule has 0 aliphatic rings. The minimum Gasteiger partial charge on any atom is -0.490 e. The molecular weight excluding hydrogens is 427 g/mol. The molecule has 0 aliphatic heterocycles. The van der Waals surface area contributed by atoms with Gasteiger partial charge >= 0.3 is 0 Å². The lowest BCUT2D eigenvalue weighted by molar-refractivity contribution is 0.269. The highest BCUT2D eigenvalue weighted by molar-refractivity contribution is 6.33. The number of hydrazone groups is 1. The predicted octanol–water partition coefficient (Wildman–Crippen LogP) is 4.51. The molecule has 1 N–H and O–H groups in total. The van der Waals surface area contributed by atoms with Gasteiger partial charge in [0.25, 0.3) is 5.56 Å². The number of ether oxygens (including phenoxy) is 2. The lowest BCUT2D eigenvalue weighted by Crippen LogP contribution is -2.20. The van der Waals surface area contributed by atoms with Crippen LogP contribution in [0.1, 0.15) is 18.1 Å². The van der Waals surface area contributed by atoms with E-state index in [-0.39, 0.29) is 5.02 Å². The second-order valence-electron chi connectivity index (χ2n) is 6.19. The minimum absolute atomic E-state index is 0.0166. The maximum Gasteiger partial charge on any atom is 0.287 e. The maximum absolute atomic E-state index is 11.8. The van der Waals surface area contributed by atoms with Gasteiger partial charge in [0.15, 0.2) is 11.5 Å². The Labute approximate surface area is 183 Å². The van der Waals surface area contributed by atoms with E-state index in [2.05, 4.69) is 15.6 Å². The molecule has 0 unspecified atom stereocenters. The van der Waals surface area contributed by atoms with E-state index in [9.17, 15) is 4.79 Å². The number of aryl methyl sites for hydroxylation is 1. The van der Waals surface area contributed by atoms with Crippen molar-refractivity contribution in [1.29, 1.82) is 0 Å². The third-order valence-electron chi connectivity index (χ3n) is 4.09. The Hall–Kier alpha value is -3.03. The van der Waals surface area contributed by atoms with Crippen molar-refractivity contribution in [3.8, 4) is 11.5 Å². The number of hydrogen-bond donors (Lipinski definition) is 1. The van der Waals surface area contributed by atoms with E-state index in [1.54, 1.807) is 18.3 Å². The van der Waals surface area contributed by atoms with Crippen LogP contribution in [-0.2, 0) is 13.7 Å². The van der Waals surface area contributed by atoms with Gasteiger partial charge in [0.2, 0.25) is 0 Å². The normalized spacial score (nSPS) is 10.9. The van der Waals surface area contributed by atoms with Crippen molar-refractivity contribution in [2.75, 3.05) is 12.0 Å². The Kier molecular flexibility index (Phi) is 7.32. The lowest BCUT2D eigenvalue weighted by atomic mass is 10.2. The Bertz CT molecular complexity index is 1120. The second kappa shape index (κ2) is 10.1. The van der Waals surface area contributed by atoms with E-state index >= 15 is 0 Å². The third kappa shape index (κ3) is 5.31. The molecule has 0 aliphatic carbocycles. The minimum atomic E-state index is -0.407. The van der Waals surface area contributed by atoms with Gasteiger partial charge < -0.3 is 9.47 Å². The van der Waals surface area contributed by atoms with E-state index in [4.69, 9.17) is 32.7 Å². The van der Waals surface area contributed by atoms with Crippen LogP contribution >= 0.6 is 23.2 Å². The molecule has 3 rings (SSSR count). The first kappa shape index (κ1) is 21.7. The van der Waals surface area contributed by atoms with Crippen molar-refractivity contribution < 1.29 is 9.47 Å². The summed E-state index contributed by atoms with van der Waals surface area (Å²) in [7, 11) is 1.52. The summed E-state index contributed by atoms with van der Waals surface area (Å²) in [5.74, 6) is 1.18. The van der Waals surface area contributed by atoms with Gasteiger partial charge in [-0.3, -0.25) is 10.2 Å². The summed E-state index contributed by atoms with van der Waals surface area (Å²) < 4.78 is 12.7. The van der Waals surface area contributed by atoms with Crippen molar-refractivity contribution in [2.45, 2.75) is 13.5 Å². The van der Waals surface area contributed by atoms with Crippen LogP contribution in [0.4, 0.5) is 5.69 Å². The first-order chi connectivity index (χ1) is 14.5. The molecule has 7 nitrogen and oxygen atoms in total. The van der Waals surface area contributed by atoms with E-state index < -0.39 is 5.56 Å².